The van der Waals surface area contributed by atoms with Crippen LogP contribution in [-0.4, -0.2) is 42.1 Å². The zero-order valence-corrected chi connectivity index (χ0v) is 13.0. The van der Waals surface area contributed by atoms with E-state index in [2.05, 4.69) is 10.1 Å². The number of sulfonamides is 1. The van der Waals surface area contributed by atoms with Crippen LogP contribution < -0.4 is 10.1 Å². The van der Waals surface area contributed by atoms with Crippen molar-refractivity contribution in [2.75, 3.05) is 0 Å². The average Bonchev–Trinajstić information content (AvgIpc) is 2.47. The van der Waals surface area contributed by atoms with Crippen molar-refractivity contribution in [2.24, 2.45) is 0 Å². The van der Waals surface area contributed by atoms with Crippen molar-refractivity contribution in [2.45, 2.75) is 23.7 Å². The fraction of sp³-hybridized carbons (Fsp3) is 0.231. The molecule has 0 unspecified atom stereocenters. The molecule has 0 bridgehead atoms. The van der Waals surface area contributed by atoms with Gasteiger partial charge in [0.1, 0.15) is 11.8 Å². The number of carboxylic acids is 1. The van der Waals surface area contributed by atoms with E-state index in [1.807, 2.05) is 0 Å². The van der Waals surface area contributed by atoms with Crippen LogP contribution in [-0.2, 0) is 19.6 Å². The summed E-state index contributed by atoms with van der Waals surface area (Å²) in [5.41, 5.74) is 0. The lowest BCUT2D eigenvalue weighted by Gasteiger charge is -2.30. The molecule has 1 atom stereocenters. The van der Waals surface area contributed by atoms with Crippen LogP contribution in [0.5, 0.6) is 5.75 Å². The van der Waals surface area contributed by atoms with E-state index >= 15 is 0 Å². The SMILES string of the molecule is O=C(O)C[C@@H]1C(=O)NC=CN1S(=O)(=O)c1cccc(OC(F)(F)F)c1. The van der Waals surface area contributed by atoms with Crippen LogP contribution in [0.25, 0.3) is 0 Å². The third kappa shape index (κ3) is 4.41. The molecule has 12 heteroatoms. The Morgan fingerprint density at radius 3 is 2.64 bits per heavy atom. The summed E-state index contributed by atoms with van der Waals surface area (Å²) in [6.07, 6.45) is -3.94. The Bertz CT molecular complexity index is 821. The number of aliphatic carboxylic acids is 1. The summed E-state index contributed by atoms with van der Waals surface area (Å²) < 4.78 is 66.2. The minimum atomic E-state index is -5.01. The summed E-state index contributed by atoms with van der Waals surface area (Å²) in [4.78, 5) is 22.0. The maximum absolute atomic E-state index is 12.6. The van der Waals surface area contributed by atoms with E-state index in [0.717, 1.165) is 30.6 Å². The Labute approximate surface area is 139 Å². The molecule has 1 amide bonds. The number of benzene rings is 1. The van der Waals surface area contributed by atoms with Gasteiger partial charge >= 0.3 is 12.3 Å². The van der Waals surface area contributed by atoms with Gasteiger partial charge in [0, 0.05) is 18.5 Å². The summed E-state index contributed by atoms with van der Waals surface area (Å²) in [5, 5.41) is 11.0. The number of ether oxygens (including phenoxy) is 1. The van der Waals surface area contributed by atoms with Crippen LogP contribution >= 0.6 is 0 Å². The summed E-state index contributed by atoms with van der Waals surface area (Å²) in [5.74, 6) is -3.07. The molecular formula is C13H11F3N2O6S. The van der Waals surface area contributed by atoms with Gasteiger partial charge in [-0.05, 0) is 12.1 Å². The lowest BCUT2D eigenvalue weighted by molar-refractivity contribution is -0.274. The number of nitrogens with zero attached hydrogens (tertiary/aromatic N) is 1. The fourth-order valence-electron chi connectivity index (χ4n) is 2.06. The highest BCUT2D eigenvalue weighted by Crippen LogP contribution is 2.28. The minimum absolute atomic E-state index is 0.479. The maximum atomic E-state index is 12.6. The van der Waals surface area contributed by atoms with E-state index in [1.54, 1.807) is 0 Å². The number of rotatable bonds is 5. The molecule has 2 N–H and O–H groups in total. The zero-order chi connectivity index (χ0) is 18.8. The van der Waals surface area contributed by atoms with Crippen molar-refractivity contribution in [3.8, 4) is 5.75 Å². The fourth-order valence-corrected chi connectivity index (χ4v) is 3.54. The topological polar surface area (TPSA) is 113 Å². The lowest BCUT2D eigenvalue weighted by Crippen LogP contribution is -2.49. The van der Waals surface area contributed by atoms with Gasteiger partial charge in [0.15, 0.2) is 0 Å². The number of alkyl halides is 3. The van der Waals surface area contributed by atoms with Crippen LogP contribution in [0.15, 0.2) is 41.6 Å². The molecule has 0 fully saturated rings. The Morgan fingerprint density at radius 1 is 1.36 bits per heavy atom. The third-order valence-corrected chi connectivity index (χ3v) is 4.82. The largest absolute Gasteiger partial charge is 0.573 e. The molecule has 136 valence electrons. The van der Waals surface area contributed by atoms with Crippen molar-refractivity contribution < 1.29 is 41.0 Å². The first-order valence-electron chi connectivity index (χ1n) is 6.59. The van der Waals surface area contributed by atoms with E-state index in [4.69, 9.17) is 5.11 Å². The Morgan fingerprint density at radius 2 is 2.04 bits per heavy atom. The van der Waals surface area contributed by atoms with Crippen molar-refractivity contribution in [3.05, 3.63) is 36.7 Å². The second kappa shape index (κ2) is 6.63. The minimum Gasteiger partial charge on any atom is -0.481 e. The Balaban J connectivity index is 2.41. The molecule has 1 aromatic rings. The number of nitrogens with one attached hydrogen (secondary N) is 1. The van der Waals surface area contributed by atoms with Gasteiger partial charge in [-0.3, -0.25) is 13.9 Å². The number of hydrogen-bond acceptors (Lipinski definition) is 5. The first-order valence-corrected chi connectivity index (χ1v) is 8.03. The van der Waals surface area contributed by atoms with E-state index in [9.17, 15) is 31.2 Å². The third-order valence-electron chi connectivity index (χ3n) is 3.04. The van der Waals surface area contributed by atoms with E-state index < -0.39 is 51.4 Å². The second-order valence-corrected chi connectivity index (χ2v) is 6.64. The van der Waals surface area contributed by atoms with Crippen LogP contribution in [0.3, 0.4) is 0 Å². The van der Waals surface area contributed by atoms with Crippen molar-refractivity contribution in [1.82, 2.24) is 9.62 Å². The summed E-state index contributed by atoms with van der Waals surface area (Å²) in [6, 6.07) is 1.96. The molecule has 0 aromatic heterocycles. The van der Waals surface area contributed by atoms with Crippen LogP contribution in [0.2, 0.25) is 0 Å². The molecule has 0 saturated carbocycles. The van der Waals surface area contributed by atoms with Gasteiger partial charge in [0.25, 0.3) is 10.0 Å². The molecule has 1 aliphatic heterocycles. The molecule has 0 radical (unpaired) electrons. The molecule has 0 saturated heterocycles. The number of halogens is 3. The smallest absolute Gasteiger partial charge is 0.481 e. The molecule has 1 aliphatic rings. The monoisotopic (exact) mass is 380 g/mol. The van der Waals surface area contributed by atoms with Gasteiger partial charge in [-0.1, -0.05) is 6.07 Å². The Hall–Kier alpha value is -2.76. The standard InChI is InChI=1S/C13H11F3N2O6S/c14-13(15,16)24-8-2-1-3-9(6-8)25(22,23)18-5-4-17-12(21)10(18)7-11(19)20/h1-6,10H,7H2,(H,17,21)(H,19,20)/t10-/m1/s1. The van der Waals surface area contributed by atoms with Crippen LogP contribution in [0.4, 0.5) is 13.2 Å². The average molecular weight is 380 g/mol. The molecule has 0 aliphatic carbocycles. The first-order chi connectivity index (χ1) is 11.5. The molecule has 1 heterocycles. The molecule has 0 spiro atoms. The number of carbonyl (C=O) groups excluding carboxylic acids is 1. The summed E-state index contributed by atoms with van der Waals surface area (Å²) >= 11 is 0. The van der Waals surface area contributed by atoms with E-state index in [1.165, 1.54) is 0 Å². The van der Waals surface area contributed by atoms with Gasteiger partial charge in [-0.2, -0.15) is 0 Å². The van der Waals surface area contributed by atoms with Crippen molar-refractivity contribution in [3.63, 3.8) is 0 Å². The van der Waals surface area contributed by atoms with E-state index in [0.29, 0.717) is 10.4 Å². The summed E-state index contributed by atoms with van der Waals surface area (Å²) in [6.45, 7) is 0. The highest BCUT2D eigenvalue weighted by molar-refractivity contribution is 7.89. The van der Waals surface area contributed by atoms with Gasteiger partial charge in [0.2, 0.25) is 5.91 Å². The first kappa shape index (κ1) is 18.6. The number of amides is 1. The molecule has 2 rings (SSSR count). The highest BCUT2D eigenvalue weighted by Gasteiger charge is 2.37. The maximum Gasteiger partial charge on any atom is 0.573 e. The molecule has 25 heavy (non-hydrogen) atoms. The molecular weight excluding hydrogens is 369 g/mol. The summed E-state index contributed by atoms with van der Waals surface area (Å²) in [7, 11) is -4.49. The van der Waals surface area contributed by atoms with E-state index in [-0.39, 0.29) is 0 Å². The van der Waals surface area contributed by atoms with Gasteiger partial charge in [-0.25, -0.2) is 8.42 Å². The molecule has 8 nitrogen and oxygen atoms in total. The van der Waals surface area contributed by atoms with Crippen molar-refractivity contribution >= 4 is 21.9 Å². The second-order valence-electron chi connectivity index (χ2n) is 4.80. The Kier molecular flexibility index (Phi) is 4.92. The predicted molar refractivity (Wildman–Crippen MR) is 75.5 cm³/mol. The number of carboxylic acid groups (broad SMARTS) is 1. The van der Waals surface area contributed by atoms with Crippen molar-refractivity contribution in [1.29, 1.82) is 0 Å². The normalized spacial score (nSPS) is 18.0. The predicted octanol–water partition coefficient (Wildman–Crippen LogP) is 1.02. The lowest BCUT2D eigenvalue weighted by atomic mass is 10.2. The van der Waals surface area contributed by atoms with Gasteiger partial charge in [-0.15, -0.1) is 13.2 Å². The zero-order valence-electron chi connectivity index (χ0n) is 12.2. The van der Waals surface area contributed by atoms with Crippen LogP contribution in [0, 0.1) is 0 Å². The quantitative estimate of drug-likeness (QED) is 0.789. The van der Waals surface area contributed by atoms with Gasteiger partial charge < -0.3 is 15.2 Å². The molecule has 1 aromatic carbocycles. The number of carbonyl (C=O) groups is 2. The van der Waals surface area contributed by atoms with Crippen LogP contribution in [0.1, 0.15) is 6.42 Å². The highest BCUT2D eigenvalue weighted by atomic mass is 32.2. The van der Waals surface area contributed by atoms with Gasteiger partial charge in [0.05, 0.1) is 11.3 Å². The number of hydrogen-bond donors (Lipinski definition) is 2.